The van der Waals surface area contributed by atoms with Gasteiger partial charge < -0.3 is 10.6 Å². The molecule has 154 valence electrons. The van der Waals surface area contributed by atoms with Gasteiger partial charge in [0.05, 0.1) is 11.0 Å². The highest BCUT2D eigenvalue weighted by atomic mass is 16.6. The van der Waals surface area contributed by atoms with Crippen molar-refractivity contribution < 1.29 is 9.72 Å². The Labute approximate surface area is 171 Å². The Morgan fingerprint density at radius 3 is 2.45 bits per heavy atom. The third-order valence-electron chi connectivity index (χ3n) is 5.29. The minimum atomic E-state index is -0.440. The highest BCUT2D eigenvalue weighted by Crippen LogP contribution is 2.31. The number of carbonyl (C=O) groups is 1. The number of anilines is 1. The topological polar surface area (TPSA) is 87.5 Å². The molecule has 1 aliphatic rings. The van der Waals surface area contributed by atoms with E-state index in [-0.39, 0.29) is 17.6 Å². The molecule has 2 aromatic carbocycles. The van der Waals surface area contributed by atoms with Gasteiger partial charge in [0.25, 0.3) is 11.6 Å². The van der Waals surface area contributed by atoms with E-state index in [0.29, 0.717) is 23.8 Å². The van der Waals surface area contributed by atoms with Crippen molar-refractivity contribution in [2.45, 2.75) is 38.8 Å². The smallest absolute Gasteiger partial charge is 0.293 e. The summed E-state index contributed by atoms with van der Waals surface area (Å²) >= 11 is 0. The van der Waals surface area contributed by atoms with Gasteiger partial charge in [0.1, 0.15) is 5.69 Å². The van der Waals surface area contributed by atoms with Crippen molar-refractivity contribution in [1.82, 2.24) is 10.2 Å². The number of carbonyl (C=O) groups excluding carboxylic acids is 1. The Kier molecular flexibility index (Phi) is 6.82. The van der Waals surface area contributed by atoms with Crippen molar-refractivity contribution in [3.05, 3.63) is 69.8 Å². The molecule has 1 aliphatic carbocycles. The maximum absolute atomic E-state index is 12.7. The van der Waals surface area contributed by atoms with Gasteiger partial charge in [-0.15, -0.1) is 0 Å². The normalized spacial score (nSPS) is 14.4. The lowest BCUT2D eigenvalue weighted by Crippen LogP contribution is -2.38. The van der Waals surface area contributed by atoms with Crippen LogP contribution in [0.5, 0.6) is 0 Å². The summed E-state index contributed by atoms with van der Waals surface area (Å²) in [6.07, 6.45) is 2.04. The first-order chi connectivity index (χ1) is 14.0. The van der Waals surface area contributed by atoms with Crippen LogP contribution in [0.4, 0.5) is 11.4 Å². The Hall–Kier alpha value is -2.93. The van der Waals surface area contributed by atoms with E-state index in [1.165, 1.54) is 6.07 Å². The lowest BCUT2D eigenvalue weighted by Gasteiger charge is -2.30. The van der Waals surface area contributed by atoms with Crippen molar-refractivity contribution in [1.29, 1.82) is 0 Å². The van der Waals surface area contributed by atoms with Gasteiger partial charge in [-0.3, -0.25) is 19.8 Å². The molecular weight excluding hydrogens is 368 g/mol. The largest absolute Gasteiger partial charge is 0.377 e. The molecule has 0 aromatic heterocycles. The maximum Gasteiger partial charge on any atom is 0.293 e. The average molecular weight is 396 g/mol. The van der Waals surface area contributed by atoms with Gasteiger partial charge in [-0.25, -0.2) is 0 Å². The fraction of sp³-hybridized carbons (Fsp3) is 0.409. The number of nitro groups is 1. The predicted molar refractivity (Wildman–Crippen MR) is 114 cm³/mol. The molecule has 1 unspecified atom stereocenters. The zero-order chi connectivity index (χ0) is 20.8. The van der Waals surface area contributed by atoms with E-state index in [4.69, 9.17) is 0 Å². The van der Waals surface area contributed by atoms with Crippen molar-refractivity contribution in [2.75, 3.05) is 25.0 Å². The highest BCUT2D eigenvalue weighted by Gasteiger charge is 2.26. The molecular formula is C22H28N4O3. The standard InChI is InChI=1S/C22H28N4O3/c1-3-25(4-2)21(16-8-6-5-7-9-16)15-23-22(27)17-10-13-19(24-18-11-12-18)20(14-17)26(28)29/h5-10,13-14,18,21,24H,3-4,11-12,15H2,1-2H3,(H,23,27). The first-order valence-corrected chi connectivity index (χ1v) is 10.2. The summed E-state index contributed by atoms with van der Waals surface area (Å²) in [6, 6.07) is 15.0. The first kappa shape index (κ1) is 20.8. The van der Waals surface area contributed by atoms with Crippen LogP contribution in [0.2, 0.25) is 0 Å². The van der Waals surface area contributed by atoms with Crippen LogP contribution >= 0.6 is 0 Å². The van der Waals surface area contributed by atoms with Crippen molar-refractivity contribution >= 4 is 17.3 Å². The molecule has 1 atom stereocenters. The molecule has 29 heavy (non-hydrogen) atoms. The number of amides is 1. The van der Waals surface area contributed by atoms with Crippen LogP contribution in [0, 0.1) is 10.1 Å². The van der Waals surface area contributed by atoms with E-state index in [9.17, 15) is 14.9 Å². The second kappa shape index (κ2) is 9.52. The number of likely N-dealkylation sites (N-methyl/N-ethyl adjacent to an activating group) is 1. The van der Waals surface area contributed by atoms with E-state index in [1.807, 2.05) is 18.2 Å². The third kappa shape index (κ3) is 5.32. The summed E-state index contributed by atoms with van der Waals surface area (Å²) in [4.78, 5) is 26.0. The van der Waals surface area contributed by atoms with Gasteiger partial charge in [0.15, 0.2) is 0 Å². The summed E-state index contributed by atoms with van der Waals surface area (Å²) in [6.45, 7) is 6.34. The fourth-order valence-electron chi connectivity index (χ4n) is 3.48. The van der Waals surface area contributed by atoms with Gasteiger partial charge in [0.2, 0.25) is 0 Å². The number of hydrogen-bond donors (Lipinski definition) is 2. The van der Waals surface area contributed by atoms with E-state index in [0.717, 1.165) is 31.5 Å². The molecule has 3 rings (SSSR count). The summed E-state index contributed by atoms with van der Waals surface area (Å²) in [5.41, 5.74) is 1.84. The van der Waals surface area contributed by atoms with Gasteiger partial charge in [-0.2, -0.15) is 0 Å². The van der Waals surface area contributed by atoms with E-state index in [2.05, 4.69) is 41.5 Å². The molecule has 0 heterocycles. The quantitative estimate of drug-likeness (QED) is 0.468. The van der Waals surface area contributed by atoms with E-state index >= 15 is 0 Å². The minimum Gasteiger partial charge on any atom is -0.377 e. The van der Waals surface area contributed by atoms with Crippen molar-refractivity contribution in [3.63, 3.8) is 0 Å². The molecule has 1 saturated carbocycles. The Morgan fingerprint density at radius 2 is 1.86 bits per heavy atom. The molecule has 7 heteroatoms. The van der Waals surface area contributed by atoms with E-state index < -0.39 is 4.92 Å². The lowest BCUT2D eigenvalue weighted by molar-refractivity contribution is -0.384. The molecule has 0 bridgehead atoms. The summed E-state index contributed by atoms with van der Waals surface area (Å²) in [5.74, 6) is -0.306. The van der Waals surface area contributed by atoms with Crippen molar-refractivity contribution in [2.24, 2.45) is 0 Å². The molecule has 2 aromatic rings. The van der Waals surface area contributed by atoms with Crippen LogP contribution in [0.3, 0.4) is 0 Å². The fourth-order valence-corrected chi connectivity index (χ4v) is 3.48. The zero-order valence-corrected chi connectivity index (χ0v) is 16.9. The number of hydrogen-bond acceptors (Lipinski definition) is 5. The number of rotatable bonds is 10. The number of benzene rings is 2. The average Bonchev–Trinajstić information content (AvgIpc) is 3.55. The summed E-state index contributed by atoms with van der Waals surface area (Å²) in [5, 5.41) is 17.6. The Balaban J connectivity index is 1.74. The monoisotopic (exact) mass is 396 g/mol. The van der Waals surface area contributed by atoms with Crippen molar-refractivity contribution in [3.8, 4) is 0 Å². The van der Waals surface area contributed by atoms with Gasteiger partial charge in [-0.1, -0.05) is 44.2 Å². The maximum atomic E-state index is 12.7. The second-order valence-electron chi connectivity index (χ2n) is 7.27. The summed E-state index contributed by atoms with van der Waals surface area (Å²) < 4.78 is 0. The highest BCUT2D eigenvalue weighted by molar-refractivity contribution is 5.95. The van der Waals surface area contributed by atoms with Crippen LogP contribution in [0.15, 0.2) is 48.5 Å². The predicted octanol–water partition coefficient (Wildman–Crippen LogP) is 3.98. The van der Waals surface area contributed by atoms with Gasteiger partial charge >= 0.3 is 0 Å². The zero-order valence-electron chi connectivity index (χ0n) is 16.9. The summed E-state index contributed by atoms with van der Waals surface area (Å²) in [7, 11) is 0. The molecule has 0 spiro atoms. The molecule has 0 saturated heterocycles. The lowest BCUT2D eigenvalue weighted by atomic mass is 10.0. The molecule has 0 radical (unpaired) electrons. The second-order valence-corrected chi connectivity index (χ2v) is 7.27. The Bertz CT molecular complexity index is 848. The SMILES string of the molecule is CCN(CC)C(CNC(=O)c1ccc(NC2CC2)c([N+](=O)[O-])c1)c1ccccc1. The van der Waals surface area contributed by atoms with Gasteiger partial charge in [-0.05, 0) is 43.6 Å². The van der Waals surface area contributed by atoms with Gasteiger partial charge in [0, 0.05) is 24.2 Å². The van der Waals surface area contributed by atoms with Crippen LogP contribution in [-0.2, 0) is 0 Å². The van der Waals surface area contributed by atoms with E-state index in [1.54, 1.807) is 12.1 Å². The van der Waals surface area contributed by atoms with Crippen LogP contribution in [0.1, 0.15) is 48.7 Å². The van der Waals surface area contributed by atoms with Crippen LogP contribution in [-0.4, -0.2) is 41.4 Å². The molecule has 0 aliphatic heterocycles. The molecule has 7 nitrogen and oxygen atoms in total. The molecule has 2 N–H and O–H groups in total. The third-order valence-corrected chi connectivity index (χ3v) is 5.29. The van der Waals surface area contributed by atoms with Crippen LogP contribution < -0.4 is 10.6 Å². The minimum absolute atomic E-state index is 0.0425. The number of nitro benzene ring substituents is 1. The number of nitrogens with zero attached hydrogens (tertiary/aromatic N) is 2. The Morgan fingerprint density at radius 1 is 1.17 bits per heavy atom. The number of nitrogens with one attached hydrogen (secondary N) is 2. The first-order valence-electron chi connectivity index (χ1n) is 10.2. The van der Waals surface area contributed by atoms with Crippen LogP contribution in [0.25, 0.3) is 0 Å². The molecule has 1 amide bonds. The molecule has 1 fully saturated rings.